The number of carbonyl (C=O) groups is 1. The Morgan fingerprint density at radius 1 is 1.21 bits per heavy atom. The molecule has 3 aromatic rings. The van der Waals surface area contributed by atoms with E-state index < -0.39 is 34.6 Å². The van der Waals surface area contributed by atoms with Gasteiger partial charge in [-0.3, -0.25) is 4.79 Å². The van der Waals surface area contributed by atoms with Crippen LogP contribution in [0.1, 0.15) is 38.0 Å². The zero-order valence-corrected chi connectivity index (χ0v) is 20.9. The van der Waals surface area contributed by atoms with Crippen LogP contribution >= 0.6 is 23.5 Å². The second-order valence-electron chi connectivity index (χ2n) is 7.93. The molecule has 0 fully saturated rings. The van der Waals surface area contributed by atoms with Gasteiger partial charge in [0.15, 0.2) is 0 Å². The number of thioether (sulfide) groups is 2. The molecule has 182 valence electrons. The molecular weight excluding hydrogens is 480 g/mol. The van der Waals surface area contributed by atoms with E-state index >= 15 is 0 Å². The quantitative estimate of drug-likeness (QED) is 0.306. The Labute approximate surface area is 206 Å². The highest BCUT2D eigenvalue weighted by Crippen LogP contribution is 2.41. The molecule has 2 aromatic carbocycles. The average Bonchev–Trinajstić information content (AvgIpc) is 3.30. The van der Waals surface area contributed by atoms with Gasteiger partial charge in [-0.05, 0) is 36.9 Å². The zero-order chi connectivity index (χ0) is 24.9. The third-order valence-electron chi connectivity index (χ3n) is 5.52. The van der Waals surface area contributed by atoms with Gasteiger partial charge in [0, 0.05) is 33.9 Å². The monoisotopic (exact) mass is 507 g/mol. The Hall–Kier alpha value is -2.43. The number of ether oxygens (including phenoxy) is 1. The minimum atomic E-state index is -1.76. The number of benzene rings is 2. The highest BCUT2D eigenvalue weighted by molar-refractivity contribution is 8.00. The molecule has 0 radical (unpaired) electrons. The van der Waals surface area contributed by atoms with Crippen LogP contribution < -0.4 is 0 Å². The molecule has 6 nitrogen and oxygen atoms in total. The van der Waals surface area contributed by atoms with Crippen molar-refractivity contribution in [3.63, 3.8) is 0 Å². The Morgan fingerprint density at radius 3 is 2.47 bits per heavy atom. The molecule has 0 saturated heterocycles. The molecule has 0 bridgehead atoms. The van der Waals surface area contributed by atoms with Crippen LogP contribution in [0.25, 0.3) is 0 Å². The summed E-state index contributed by atoms with van der Waals surface area (Å²) in [5.41, 5.74) is -0.994. The number of esters is 1. The van der Waals surface area contributed by atoms with Gasteiger partial charge >= 0.3 is 5.97 Å². The van der Waals surface area contributed by atoms with Crippen molar-refractivity contribution in [2.75, 3.05) is 6.26 Å². The van der Waals surface area contributed by atoms with E-state index in [0.29, 0.717) is 0 Å². The van der Waals surface area contributed by atoms with Crippen LogP contribution in [0.5, 0.6) is 0 Å². The van der Waals surface area contributed by atoms with Crippen LogP contribution in [0.15, 0.2) is 60.0 Å². The summed E-state index contributed by atoms with van der Waals surface area (Å²) in [5.74, 6) is -2.02. The summed E-state index contributed by atoms with van der Waals surface area (Å²) in [6.07, 6.45) is 4.12. The molecule has 0 saturated carbocycles. The summed E-state index contributed by atoms with van der Waals surface area (Å²) < 4.78 is 35.4. The lowest BCUT2D eigenvalue weighted by atomic mass is 9.90. The summed E-state index contributed by atoms with van der Waals surface area (Å²) in [5, 5.41) is 14.9. The molecule has 2 unspecified atom stereocenters. The first-order valence-corrected chi connectivity index (χ1v) is 12.8. The van der Waals surface area contributed by atoms with Crippen molar-refractivity contribution < 1.29 is 23.4 Å². The van der Waals surface area contributed by atoms with Crippen LogP contribution in [0.3, 0.4) is 0 Å². The van der Waals surface area contributed by atoms with Gasteiger partial charge in [-0.25, -0.2) is 18.4 Å². The predicted molar refractivity (Wildman–Crippen MR) is 130 cm³/mol. The first kappa shape index (κ1) is 26.2. The number of rotatable bonds is 10. The fourth-order valence-corrected chi connectivity index (χ4v) is 5.58. The van der Waals surface area contributed by atoms with E-state index in [1.165, 1.54) is 42.1 Å². The van der Waals surface area contributed by atoms with E-state index in [0.717, 1.165) is 22.6 Å². The molecule has 3 rings (SSSR count). The predicted octanol–water partition coefficient (Wildman–Crippen LogP) is 4.98. The first-order valence-electron chi connectivity index (χ1n) is 10.6. The number of carbonyl (C=O) groups excluding carboxylic acids is 1. The number of hydrogen-bond acceptors (Lipinski definition) is 7. The van der Waals surface area contributed by atoms with E-state index in [1.54, 1.807) is 18.7 Å². The average molecular weight is 508 g/mol. The molecule has 1 heterocycles. The maximum absolute atomic E-state index is 14.8. The van der Waals surface area contributed by atoms with Gasteiger partial charge < -0.3 is 9.84 Å². The molecule has 1 aromatic heterocycles. The van der Waals surface area contributed by atoms with E-state index in [4.69, 9.17) is 4.74 Å². The molecule has 4 atom stereocenters. The van der Waals surface area contributed by atoms with Crippen LogP contribution in [-0.4, -0.2) is 42.6 Å². The van der Waals surface area contributed by atoms with Crippen LogP contribution in [0.2, 0.25) is 0 Å². The van der Waals surface area contributed by atoms with Crippen molar-refractivity contribution in [3.8, 4) is 0 Å². The molecule has 0 aliphatic carbocycles. The minimum absolute atomic E-state index is 0.0510. The summed E-state index contributed by atoms with van der Waals surface area (Å²) in [7, 11) is 0. The van der Waals surface area contributed by atoms with Crippen LogP contribution in [0.4, 0.5) is 8.78 Å². The fraction of sp³-hybridized carbons (Fsp3) is 0.375. The SMILES string of the molecule is CSc1ccc(C(OC(C)=O)C(C)S[C@H](C)[C@](O)(Cn2cncn2)c2ccc(F)cc2F)cc1. The smallest absolute Gasteiger partial charge is 0.303 e. The van der Waals surface area contributed by atoms with Gasteiger partial charge in [0.05, 0.1) is 6.54 Å². The van der Waals surface area contributed by atoms with Gasteiger partial charge in [0.25, 0.3) is 0 Å². The maximum atomic E-state index is 14.8. The highest BCUT2D eigenvalue weighted by atomic mass is 32.2. The minimum Gasteiger partial charge on any atom is -0.456 e. The van der Waals surface area contributed by atoms with E-state index in [-0.39, 0.29) is 17.4 Å². The maximum Gasteiger partial charge on any atom is 0.303 e. The molecule has 0 spiro atoms. The van der Waals surface area contributed by atoms with Crippen molar-refractivity contribution >= 4 is 29.5 Å². The van der Waals surface area contributed by atoms with Gasteiger partial charge in [-0.1, -0.05) is 25.1 Å². The third-order valence-corrected chi connectivity index (χ3v) is 7.74. The molecule has 0 aliphatic rings. The fourth-order valence-electron chi connectivity index (χ4n) is 3.75. The molecule has 0 amide bonds. The first-order chi connectivity index (χ1) is 16.1. The van der Waals surface area contributed by atoms with Crippen molar-refractivity contribution in [2.24, 2.45) is 0 Å². The van der Waals surface area contributed by atoms with E-state index in [9.17, 15) is 18.7 Å². The summed E-state index contributed by atoms with van der Waals surface area (Å²) in [6.45, 7) is 4.88. The number of hydrogen-bond donors (Lipinski definition) is 1. The lowest BCUT2D eigenvalue weighted by Crippen LogP contribution is -2.42. The van der Waals surface area contributed by atoms with Gasteiger partial charge in [-0.2, -0.15) is 5.10 Å². The number of aromatic nitrogens is 3. The normalized spacial score (nSPS) is 15.9. The Balaban J connectivity index is 1.92. The lowest BCUT2D eigenvalue weighted by Gasteiger charge is -2.37. The van der Waals surface area contributed by atoms with Crippen molar-refractivity contribution in [1.82, 2.24) is 14.8 Å². The molecule has 0 aliphatic heterocycles. The zero-order valence-electron chi connectivity index (χ0n) is 19.3. The van der Waals surface area contributed by atoms with Crippen molar-refractivity contribution in [2.45, 2.75) is 54.4 Å². The standard InChI is InChI=1S/C24H27F2N3O3S2/c1-15(23(32-17(3)30)18-5-8-20(33-4)9-6-18)34-16(2)24(31,12-29-14-27-13-28-29)21-10-7-19(25)11-22(21)26/h5-11,13-16,23,31H,12H2,1-4H3/t15?,16-,23?,24-/m1/s1. The number of nitrogens with zero attached hydrogens (tertiary/aromatic N) is 3. The summed E-state index contributed by atoms with van der Waals surface area (Å²) in [4.78, 5) is 16.8. The summed E-state index contributed by atoms with van der Waals surface area (Å²) >= 11 is 2.94. The Kier molecular flexibility index (Phi) is 8.72. The largest absolute Gasteiger partial charge is 0.456 e. The Bertz CT molecular complexity index is 1100. The van der Waals surface area contributed by atoms with E-state index in [1.807, 2.05) is 37.4 Å². The van der Waals surface area contributed by atoms with Gasteiger partial charge in [0.2, 0.25) is 0 Å². The lowest BCUT2D eigenvalue weighted by molar-refractivity contribution is -0.146. The topological polar surface area (TPSA) is 77.2 Å². The summed E-state index contributed by atoms with van der Waals surface area (Å²) in [6, 6.07) is 10.8. The third kappa shape index (κ3) is 6.17. The molecule has 10 heteroatoms. The molecular formula is C24H27F2N3O3S2. The van der Waals surface area contributed by atoms with E-state index in [2.05, 4.69) is 10.1 Å². The number of aliphatic hydroxyl groups is 1. The highest BCUT2D eigenvalue weighted by Gasteiger charge is 2.41. The van der Waals surface area contributed by atoms with Crippen LogP contribution in [0, 0.1) is 11.6 Å². The van der Waals surface area contributed by atoms with Gasteiger partial charge in [-0.15, -0.1) is 23.5 Å². The molecule has 34 heavy (non-hydrogen) atoms. The second-order valence-corrected chi connectivity index (χ2v) is 10.5. The van der Waals surface area contributed by atoms with Crippen molar-refractivity contribution in [1.29, 1.82) is 0 Å². The van der Waals surface area contributed by atoms with Gasteiger partial charge in [0.1, 0.15) is 36.0 Å². The van der Waals surface area contributed by atoms with Crippen molar-refractivity contribution in [3.05, 3.63) is 77.9 Å². The Morgan fingerprint density at radius 2 is 1.91 bits per heavy atom. The number of halogens is 2. The van der Waals surface area contributed by atoms with Crippen LogP contribution in [-0.2, 0) is 21.7 Å². The molecule has 1 N–H and O–H groups in total. The second kappa shape index (κ2) is 11.3.